The molecular weight excluding hydrogens is 380 g/mol. The van der Waals surface area contributed by atoms with Crippen LogP contribution in [0.5, 0.6) is 5.75 Å². The number of likely N-dealkylation sites (tertiary alicyclic amines) is 1. The zero-order valence-corrected chi connectivity index (χ0v) is 17.7. The lowest BCUT2D eigenvalue weighted by Gasteiger charge is -2.35. The summed E-state index contributed by atoms with van der Waals surface area (Å²) in [6.07, 6.45) is 1.70. The minimum atomic E-state index is -0.323. The van der Waals surface area contributed by atoms with Gasteiger partial charge in [0.15, 0.2) is 0 Å². The van der Waals surface area contributed by atoms with Crippen molar-refractivity contribution in [3.63, 3.8) is 0 Å². The van der Waals surface area contributed by atoms with Crippen molar-refractivity contribution in [2.45, 2.75) is 39.3 Å². The maximum absolute atomic E-state index is 12.7. The van der Waals surface area contributed by atoms with Gasteiger partial charge in [-0.15, -0.1) is 0 Å². The van der Waals surface area contributed by atoms with E-state index in [2.05, 4.69) is 10.2 Å². The number of carbonyl (C=O) groups is 2. The third-order valence-corrected chi connectivity index (χ3v) is 5.37. The highest BCUT2D eigenvalue weighted by atomic mass is 16.5. The second-order valence-electron chi connectivity index (χ2n) is 7.55. The van der Waals surface area contributed by atoms with Crippen LogP contribution in [0.3, 0.4) is 0 Å². The molecule has 0 unspecified atom stereocenters. The van der Waals surface area contributed by atoms with Crippen LogP contribution in [0.4, 0.5) is 5.69 Å². The van der Waals surface area contributed by atoms with E-state index in [1.165, 1.54) is 0 Å². The Hall–Kier alpha value is -2.86. The normalized spacial score (nSPS) is 17.7. The van der Waals surface area contributed by atoms with Gasteiger partial charge in [0.2, 0.25) is 5.91 Å². The Labute approximate surface area is 178 Å². The Balaban J connectivity index is 1.50. The average molecular weight is 411 g/mol. The smallest absolute Gasteiger partial charge is 0.310 e. The van der Waals surface area contributed by atoms with Gasteiger partial charge in [0, 0.05) is 12.2 Å². The van der Waals surface area contributed by atoms with Crippen LogP contribution < -0.4 is 10.1 Å². The van der Waals surface area contributed by atoms with Crippen molar-refractivity contribution in [2.24, 2.45) is 5.92 Å². The first kappa shape index (κ1) is 21.8. The first-order valence-corrected chi connectivity index (χ1v) is 10.5. The van der Waals surface area contributed by atoms with Gasteiger partial charge in [0.05, 0.1) is 18.6 Å². The van der Waals surface area contributed by atoms with Crippen LogP contribution >= 0.6 is 0 Å². The van der Waals surface area contributed by atoms with E-state index in [0.717, 1.165) is 36.4 Å². The minimum Gasteiger partial charge on any atom is -0.489 e. The molecule has 0 aliphatic carbocycles. The fourth-order valence-electron chi connectivity index (χ4n) is 3.60. The minimum absolute atomic E-state index is 0.0857. The van der Waals surface area contributed by atoms with E-state index in [1.54, 1.807) is 0 Å². The number of nitrogens with one attached hydrogen (secondary N) is 1. The molecule has 1 N–H and O–H groups in total. The lowest BCUT2D eigenvalue weighted by molar-refractivity contribution is -0.150. The maximum atomic E-state index is 12.7. The van der Waals surface area contributed by atoms with Gasteiger partial charge in [-0.25, -0.2) is 0 Å². The lowest BCUT2D eigenvalue weighted by atomic mass is 9.97. The molecule has 3 rings (SSSR count). The number of carbonyl (C=O) groups excluding carboxylic acids is 2. The third kappa shape index (κ3) is 6.07. The van der Waals surface area contributed by atoms with Gasteiger partial charge >= 0.3 is 5.97 Å². The van der Waals surface area contributed by atoms with Crippen LogP contribution in [-0.4, -0.2) is 42.5 Å². The highest BCUT2D eigenvalue weighted by Gasteiger charge is 2.31. The summed E-state index contributed by atoms with van der Waals surface area (Å²) in [6, 6.07) is 17.0. The van der Waals surface area contributed by atoms with Gasteiger partial charge in [-0.2, -0.15) is 0 Å². The highest BCUT2D eigenvalue weighted by Crippen LogP contribution is 2.21. The van der Waals surface area contributed by atoms with Gasteiger partial charge < -0.3 is 14.8 Å². The molecule has 2 aromatic rings. The van der Waals surface area contributed by atoms with E-state index >= 15 is 0 Å². The number of hydrogen-bond donors (Lipinski definition) is 1. The van der Waals surface area contributed by atoms with E-state index < -0.39 is 0 Å². The van der Waals surface area contributed by atoms with E-state index in [1.807, 2.05) is 68.4 Å². The molecule has 30 heavy (non-hydrogen) atoms. The molecule has 0 bridgehead atoms. The number of piperidine rings is 1. The van der Waals surface area contributed by atoms with Crippen molar-refractivity contribution in [3.05, 3.63) is 60.2 Å². The molecule has 2 atom stereocenters. The topological polar surface area (TPSA) is 67.9 Å². The van der Waals surface area contributed by atoms with Crippen LogP contribution in [0, 0.1) is 5.92 Å². The Morgan fingerprint density at radius 2 is 1.87 bits per heavy atom. The first-order valence-electron chi connectivity index (χ1n) is 10.5. The molecule has 2 aromatic carbocycles. The molecule has 0 radical (unpaired) electrons. The summed E-state index contributed by atoms with van der Waals surface area (Å²) in [4.78, 5) is 26.8. The number of nitrogens with zero attached hydrogens (tertiary/aromatic N) is 1. The Bertz CT molecular complexity index is 823. The number of amides is 1. The predicted molar refractivity (Wildman–Crippen MR) is 116 cm³/mol. The van der Waals surface area contributed by atoms with Gasteiger partial charge in [-0.3, -0.25) is 14.5 Å². The molecule has 0 spiro atoms. The number of esters is 1. The van der Waals surface area contributed by atoms with Crippen molar-refractivity contribution in [2.75, 3.05) is 25.0 Å². The first-order chi connectivity index (χ1) is 14.6. The highest BCUT2D eigenvalue weighted by molar-refractivity contribution is 5.94. The van der Waals surface area contributed by atoms with E-state index in [4.69, 9.17) is 9.47 Å². The molecular formula is C24H30N2O4. The fourth-order valence-corrected chi connectivity index (χ4v) is 3.60. The van der Waals surface area contributed by atoms with Crippen molar-refractivity contribution in [1.82, 2.24) is 4.90 Å². The molecule has 1 fully saturated rings. The lowest BCUT2D eigenvalue weighted by Crippen LogP contribution is -2.48. The SMILES string of the molecule is CCOC(=O)[C@H]1CCCN([C@@H](C)C(=O)Nc2ccc(OCc3ccccc3)cc2)C1. The summed E-state index contributed by atoms with van der Waals surface area (Å²) in [5, 5.41) is 2.96. The van der Waals surface area contributed by atoms with Crippen molar-refractivity contribution in [3.8, 4) is 5.75 Å². The van der Waals surface area contributed by atoms with Gasteiger partial charge in [-0.1, -0.05) is 30.3 Å². The van der Waals surface area contributed by atoms with E-state index in [0.29, 0.717) is 19.8 Å². The summed E-state index contributed by atoms with van der Waals surface area (Å²) in [5.41, 5.74) is 1.82. The largest absolute Gasteiger partial charge is 0.489 e. The number of anilines is 1. The van der Waals surface area contributed by atoms with Gasteiger partial charge in [0.1, 0.15) is 12.4 Å². The Kier molecular flexibility index (Phi) is 7.85. The van der Waals surface area contributed by atoms with Gasteiger partial charge in [-0.05, 0) is 63.1 Å². The number of ether oxygens (including phenoxy) is 2. The summed E-state index contributed by atoms with van der Waals surface area (Å²) in [6.45, 7) is 5.93. The molecule has 1 amide bonds. The van der Waals surface area contributed by atoms with Gasteiger partial charge in [0.25, 0.3) is 0 Å². The summed E-state index contributed by atoms with van der Waals surface area (Å²) >= 11 is 0. The quantitative estimate of drug-likeness (QED) is 0.669. The summed E-state index contributed by atoms with van der Waals surface area (Å²) in [7, 11) is 0. The van der Waals surface area contributed by atoms with E-state index in [9.17, 15) is 9.59 Å². The molecule has 1 heterocycles. The molecule has 160 valence electrons. The Morgan fingerprint density at radius 1 is 1.13 bits per heavy atom. The number of rotatable bonds is 8. The molecule has 6 nitrogen and oxygen atoms in total. The Morgan fingerprint density at radius 3 is 2.57 bits per heavy atom. The van der Waals surface area contributed by atoms with Crippen LogP contribution in [0.15, 0.2) is 54.6 Å². The number of benzene rings is 2. The molecule has 6 heteroatoms. The monoisotopic (exact) mass is 410 g/mol. The van der Waals surface area contributed by atoms with Crippen LogP contribution in [-0.2, 0) is 20.9 Å². The van der Waals surface area contributed by atoms with Crippen molar-refractivity contribution < 1.29 is 19.1 Å². The van der Waals surface area contributed by atoms with E-state index in [-0.39, 0.29) is 23.8 Å². The van der Waals surface area contributed by atoms with Crippen molar-refractivity contribution in [1.29, 1.82) is 0 Å². The number of hydrogen-bond acceptors (Lipinski definition) is 5. The summed E-state index contributed by atoms with van der Waals surface area (Å²) in [5.74, 6) is 0.339. The van der Waals surface area contributed by atoms with Crippen LogP contribution in [0.1, 0.15) is 32.3 Å². The molecule has 1 aliphatic rings. The predicted octanol–water partition coefficient (Wildman–Crippen LogP) is 3.87. The average Bonchev–Trinajstić information content (AvgIpc) is 2.79. The van der Waals surface area contributed by atoms with Crippen LogP contribution in [0.25, 0.3) is 0 Å². The zero-order chi connectivity index (χ0) is 21.3. The molecule has 0 aromatic heterocycles. The standard InChI is InChI=1S/C24H30N2O4/c1-3-29-24(28)20-10-7-15-26(16-20)18(2)23(27)25-21-11-13-22(14-12-21)30-17-19-8-5-4-6-9-19/h4-6,8-9,11-14,18,20H,3,7,10,15-17H2,1-2H3,(H,25,27)/t18-,20-/m0/s1. The summed E-state index contributed by atoms with van der Waals surface area (Å²) < 4.78 is 10.9. The fraction of sp³-hybridized carbons (Fsp3) is 0.417. The molecule has 1 saturated heterocycles. The zero-order valence-electron chi connectivity index (χ0n) is 17.7. The third-order valence-electron chi connectivity index (χ3n) is 5.37. The van der Waals surface area contributed by atoms with Crippen molar-refractivity contribution >= 4 is 17.6 Å². The second kappa shape index (κ2) is 10.8. The molecule has 0 saturated carbocycles. The van der Waals surface area contributed by atoms with Crippen LogP contribution in [0.2, 0.25) is 0 Å². The molecule has 1 aliphatic heterocycles. The maximum Gasteiger partial charge on any atom is 0.310 e. The second-order valence-corrected chi connectivity index (χ2v) is 7.55.